The molecule has 1 atom stereocenters. The van der Waals surface area contributed by atoms with Crippen LogP contribution in [0.1, 0.15) is 19.4 Å². The van der Waals surface area contributed by atoms with Crippen LogP contribution in [0.3, 0.4) is 0 Å². The molecule has 160 valence electrons. The molecule has 31 heavy (non-hydrogen) atoms. The highest BCUT2D eigenvalue weighted by molar-refractivity contribution is 7.22. The van der Waals surface area contributed by atoms with Crippen LogP contribution in [-0.2, 0) is 16.0 Å². The second kappa shape index (κ2) is 9.13. The summed E-state index contributed by atoms with van der Waals surface area (Å²) in [7, 11) is 0. The lowest BCUT2D eigenvalue weighted by Crippen LogP contribution is -2.43. The van der Waals surface area contributed by atoms with E-state index in [1.807, 2.05) is 42.5 Å². The first kappa shape index (κ1) is 20.8. The number of amides is 2. The molecule has 0 fully saturated rings. The second-order valence-electron chi connectivity index (χ2n) is 6.99. The maximum Gasteiger partial charge on any atom is 0.423 e. The van der Waals surface area contributed by atoms with Crippen LogP contribution in [0.2, 0.25) is 0 Å². The Hall–Kier alpha value is -3.46. The van der Waals surface area contributed by atoms with Crippen molar-refractivity contribution < 1.29 is 14.3 Å². The summed E-state index contributed by atoms with van der Waals surface area (Å²) in [5.41, 5.74) is 2.89. The maximum atomic E-state index is 12.2. The molecular weight excluding hydrogens is 414 g/mol. The number of imide groups is 1. The summed E-state index contributed by atoms with van der Waals surface area (Å²) in [5.74, 6) is -0.223. The number of rotatable bonds is 6. The van der Waals surface area contributed by atoms with Crippen molar-refractivity contribution in [3.05, 3.63) is 54.1 Å². The zero-order valence-electron chi connectivity index (χ0n) is 17.3. The Labute approximate surface area is 184 Å². The number of carbonyl (C=O) groups is 2. The molecule has 4 rings (SSSR count). The van der Waals surface area contributed by atoms with E-state index < -0.39 is 18.0 Å². The fourth-order valence-electron chi connectivity index (χ4n) is 3.19. The molecule has 0 radical (unpaired) electrons. The Kier molecular flexibility index (Phi) is 6.13. The number of nitrogens with one attached hydrogen (secondary N) is 2. The smallest absolute Gasteiger partial charge is 0.423 e. The van der Waals surface area contributed by atoms with E-state index in [4.69, 9.17) is 4.74 Å². The van der Waals surface area contributed by atoms with E-state index in [0.717, 1.165) is 39.8 Å². The Morgan fingerprint density at radius 2 is 1.97 bits per heavy atom. The van der Waals surface area contributed by atoms with Gasteiger partial charge in [-0.15, -0.1) is 0 Å². The van der Waals surface area contributed by atoms with Crippen molar-refractivity contribution in [2.45, 2.75) is 26.3 Å². The minimum Gasteiger partial charge on any atom is -0.449 e. The van der Waals surface area contributed by atoms with Crippen LogP contribution in [0.25, 0.3) is 10.2 Å². The molecule has 2 aromatic carbocycles. The number of benzene rings is 2. The number of thiazole rings is 1. The van der Waals surface area contributed by atoms with Gasteiger partial charge in [-0.1, -0.05) is 35.6 Å². The monoisotopic (exact) mass is 437 g/mol. The predicted octanol–water partition coefficient (Wildman–Crippen LogP) is 4.11. The van der Waals surface area contributed by atoms with Gasteiger partial charge in [-0.05, 0) is 50.1 Å². The first-order chi connectivity index (χ1) is 15.0. The van der Waals surface area contributed by atoms with Gasteiger partial charge in [-0.2, -0.15) is 4.90 Å². The van der Waals surface area contributed by atoms with Gasteiger partial charge in [0.25, 0.3) is 5.91 Å². The largest absolute Gasteiger partial charge is 0.449 e. The maximum absolute atomic E-state index is 12.2. The standard InChI is InChI=1S/C22H23N5O3S/c1-3-30-22(29)27-19(28)14(2)24-20(27)25-16-10-8-15(9-11-16)12-13-23-21-26-17-6-4-5-7-18(17)31-21/h4-11,14H,3,12-13H2,1-2H3,(H,23,26)(H,24,25)/t14-/m0/s1. The summed E-state index contributed by atoms with van der Waals surface area (Å²) in [4.78, 5) is 34.1. The molecular formula is C22H23N5O3S. The number of aliphatic imine (C=N–C) groups is 1. The molecule has 1 aliphatic heterocycles. The number of fused-ring (bicyclic) bond motifs is 1. The highest BCUT2D eigenvalue weighted by Gasteiger charge is 2.37. The Bertz CT molecular complexity index is 1090. The van der Waals surface area contributed by atoms with Crippen LogP contribution in [0, 0.1) is 0 Å². The Balaban J connectivity index is 1.34. The lowest BCUT2D eigenvalue weighted by molar-refractivity contribution is -0.125. The molecule has 0 bridgehead atoms. The van der Waals surface area contributed by atoms with Crippen molar-refractivity contribution in [1.82, 2.24) is 9.88 Å². The fourth-order valence-corrected chi connectivity index (χ4v) is 4.08. The third-order valence-corrected chi connectivity index (χ3v) is 5.74. The number of anilines is 2. The van der Waals surface area contributed by atoms with Gasteiger partial charge in [0.1, 0.15) is 6.04 Å². The number of carbonyl (C=O) groups excluding carboxylic acids is 2. The van der Waals surface area contributed by atoms with Crippen molar-refractivity contribution in [1.29, 1.82) is 0 Å². The summed E-state index contributed by atoms with van der Waals surface area (Å²) < 4.78 is 6.13. The molecule has 0 saturated heterocycles. The first-order valence-electron chi connectivity index (χ1n) is 10.1. The van der Waals surface area contributed by atoms with E-state index in [1.165, 1.54) is 4.70 Å². The fraction of sp³-hybridized carbons (Fsp3) is 0.273. The Morgan fingerprint density at radius 1 is 1.19 bits per heavy atom. The summed E-state index contributed by atoms with van der Waals surface area (Å²) in [5, 5.41) is 7.33. The molecule has 9 heteroatoms. The number of hydrogen-bond acceptors (Lipinski definition) is 8. The van der Waals surface area contributed by atoms with Crippen molar-refractivity contribution in [3.63, 3.8) is 0 Å². The molecule has 1 aliphatic rings. The van der Waals surface area contributed by atoms with E-state index in [9.17, 15) is 9.59 Å². The van der Waals surface area contributed by atoms with Gasteiger partial charge < -0.3 is 15.4 Å². The van der Waals surface area contributed by atoms with Gasteiger partial charge >= 0.3 is 6.09 Å². The molecule has 8 nitrogen and oxygen atoms in total. The average molecular weight is 438 g/mol. The van der Waals surface area contributed by atoms with E-state index in [-0.39, 0.29) is 12.6 Å². The van der Waals surface area contributed by atoms with Crippen LogP contribution in [0.4, 0.5) is 15.6 Å². The van der Waals surface area contributed by atoms with E-state index in [1.54, 1.807) is 25.2 Å². The van der Waals surface area contributed by atoms with Crippen molar-refractivity contribution in [3.8, 4) is 0 Å². The summed E-state index contributed by atoms with van der Waals surface area (Å²) in [6.07, 6.45) is 0.113. The van der Waals surface area contributed by atoms with E-state index in [2.05, 4.69) is 26.7 Å². The lowest BCUT2D eigenvalue weighted by Gasteiger charge is -2.17. The zero-order valence-corrected chi connectivity index (χ0v) is 18.1. The SMILES string of the molecule is CCOC(=O)N1C(=O)[C@H](C)N=C1Nc1ccc(CCNc2nc3ccccc3s2)cc1. The van der Waals surface area contributed by atoms with Crippen LogP contribution < -0.4 is 10.6 Å². The highest BCUT2D eigenvalue weighted by Crippen LogP contribution is 2.25. The number of aromatic nitrogens is 1. The van der Waals surface area contributed by atoms with Gasteiger partial charge in [0.15, 0.2) is 5.13 Å². The first-order valence-corrected chi connectivity index (χ1v) is 10.9. The number of hydrogen-bond donors (Lipinski definition) is 2. The van der Waals surface area contributed by atoms with E-state index in [0.29, 0.717) is 0 Å². The van der Waals surface area contributed by atoms with Crippen molar-refractivity contribution in [2.24, 2.45) is 4.99 Å². The van der Waals surface area contributed by atoms with E-state index >= 15 is 0 Å². The summed E-state index contributed by atoms with van der Waals surface area (Å²) >= 11 is 1.64. The van der Waals surface area contributed by atoms with Gasteiger partial charge in [0.2, 0.25) is 5.96 Å². The van der Waals surface area contributed by atoms with Crippen molar-refractivity contribution >= 4 is 50.3 Å². The minimum atomic E-state index is -0.722. The molecule has 0 saturated carbocycles. The number of ether oxygens (including phenoxy) is 1. The quantitative estimate of drug-likeness (QED) is 0.603. The molecule has 2 N–H and O–H groups in total. The third kappa shape index (κ3) is 4.66. The normalized spacial score (nSPS) is 15.8. The van der Waals surface area contributed by atoms with Gasteiger partial charge in [-0.25, -0.2) is 14.8 Å². The molecule has 0 spiro atoms. The molecule has 0 unspecified atom stereocenters. The minimum absolute atomic E-state index is 0.182. The van der Waals surface area contributed by atoms with Crippen LogP contribution >= 0.6 is 11.3 Å². The van der Waals surface area contributed by atoms with Gasteiger partial charge in [-0.3, -0.25) is 4.79 Å². The highest BCUT2D eigenvalue weighted by atomic mass is 32.1. The molecule has 3 aromatic rings. The zero-order chi connectivity index (χ0) is 21.8. The Morgan fingerprint density at radius 3 is 2.71 bits per heavy atom. The number of para-hydroxylation sites is 1. The second-order valence-corrected chi connectivity index (χ2v) is 8.02. The average Bonchev–Trinajstić information content (AvgIpc) is 3.29. The topological polar surface area (TPSA) is 95.9 Å². The number of nitrogens with zero attached hydrogens (tertiary/aromatic N) is 3. The third-order valence-electron chi connectivity index (χ3n) is 4.75. The van der Waals surface area contributed by atoms with Crippen LogP contribution in [0.5, 0.6) is 0 Å². The van der Waals surface area contributed by atoms with Crippen molar-refractivity contribution in [2.75, 3.05) is 23.8 Å². The molecule has 1 aromatic heterocycles. The lowest BCUT2D eigenvalue weighted by atomic mass is 10.1. The number of guanidine groups is 1. The van der Waals surface area contributed by atoms with Crippen LogP contribution in [0.15, 0.2) is 53.5 Å². The van der Waals surface area contributed by atoms with Gasteiger partial charge in [0.05, 0.1) is 16.8 Å². The molecule has 2 amide bonds. The molecule has 0 aliphatic carbocycles. The summed E-state index contributed by atoms with van der Waals surface area (Å²) in [6.45, 7) is 4.29. The van der Waals surface area contributed by atoms with Gasteiger partial charge in [0, 0.05) is 12.2 Å². The summed E-state index contributed by atoms with van der Waals surface area (Å²) in [6, 6.07) is 15.2. The predicted molar refractivity (Wildman–Crippen MR) is 123 cm³/mol. The van der Waals surface area contributed by atoms with Crippen LogP contribution in [-0.4, -0.2) is 47.0 Å². The molecule has 2 heterocycles.